The Morgan fingerprint density at radius 1 is 0.909 bits per heavy atom. The molecule has 3 N–H and O–H groups in total. The van der Waals surface area contributed by atoms with Crippen molar-refractivity contribution in [2.45, 2.75) is 83.0 Å². The molecular formula is C35H45N3O6. The van der Waals surface area contributed by atoms with Crippen molar-refractivity contribution < 1.29 is 29.3 Å². The number of carboxylic acid groups (broad SMARTS) is 1. The van der Waals surface area contributed by atoms with Crippen LogP contribution in [0.1, 0.15) is 85.3 Å². The number of carbonyl (C=O) groups excluding carboxylic acids is 1. The zero-order chi connectivity index (χ0) is 31.1. The average molecular weight is 604 g/mol. The summed E-state index contributed by atoms with van der Waals surface area (Å²) in [6, 6.07) is 21.8. The Bertz CT molecular complexity index is 1290. The summed E-state index contributed by atoms with van der Waals surface area (Å²) in [6.07, 6.45) is 6.36. The smallest absolute Gasteiger partial charge is 0.303 e. The summed E-state index contributed by atoms with van der Waals surface area (Å²) in [6.45, 7) is 2.06. The van der Waals surface area contributed by atoms with E-state index < -0.39 is 12.3 Å². The van der Waals surface area contributed by atoms with Gasteiger partial charge in [0.25, 0.3) is 0 Å². The van der Waals surface area contributed by atoms with Gasteiger partial charge in [0.2, 0.25) is 5.91 Å². The Hall–Kier alpha value is -3.63. The lowest BCUT2D eigenvalue weighted by molar-refractivity contribution is -0.252. The lowest BCUT2D eigenvalue weighted by Crippen LogP contribution is -2.38. The number of pyridine rings is 1. The van der Waals surface area contributed by atoms with Gasteiger partial charge in [0, 0.05) is 62.8 Å². The highest BCUT2D eigenvalue weighted by Crippen LogP contribution is 2.38. The predicted octanol–water partition coefficient (Wildman–Crippen LogP) is 5.34. The van der Waals surface area contributed by atoms with E-state index in [1.807, 2.05) is 72.9 Å². The van der Waals surface area contributed by atoms with Crippen molar-refractivity contribution in [2.75, 3.05) is 20.1 Å². The third-order valence-electron chi connectivity index (χ3n) is 7.89. The number of carboxylic acids is 1. The highest BCUT2D eigenvalue weighted by atomic mass is 16.7. The Kier molecular flexibility index (Phi) is 13.3. The summed E-state index contributed by atoms with van der Waals surface area (Å²) in [4.78, 5) is 29.6. The Labute approximate surface area is 260 Å². The van der Waals surface area contributed by atoms with Crippen LogP contribution in [0.2, 0.25) is 0 Å². The molecule has 9 heteroatoms. The minimum Gasteiger partial charge on any atom is -0.481 e. The molecular weight excluding hydrogens is 558 g/mol. The maximum Gasteiger partial charge on any atom is 0.303 e. The van der Waals surface area contributed by atoms with Crippen molar-refractivity contribution in [3.63, 3.8) is 0 Å². The highest BCUT2D eigenvalue weighted by Gasteiger charge is 2.32. The first-order valence-electron chi connectivity index (χ1n) is 15.6. The molecule has 44 heavy (non-hydrogen) atoms. The van der Waals surface area contributed by atoms with Gasteiger partial charge >= 0.3 is 5.97 Å². The molecule has 1 saturated heterocycles. The lowest BCUT2D eigenvalue weighted by atomic mass is 9.99. The van der Waals surface area contributed by atoms with Crippen LogP contribution < -0.4 is 5.32 Å². The lowest BCUT2D eigenvalue weighted by Gasteiger charge is -2.38. The predicted molar refractivity (Wildman–Crippen MR) is 167 cm³/mol. The molecule has 1 aliphatic heterocycles. The van der Waals surface area contributed by atoms with Gasteiger partial charge in [-0.25, -0.2) is 0 Å². The number of unbranched alkanes of at least 4 members (excludes halogenated alkanes) is 3. The van der Waals surface area contributed by atoms with Gasteiger partial charge in [0.15, 0.2) is 6.29 Å². The van der Waals surface area contributed by atoms with E-state index in [0.29, 0.717) is 25.8 Å². The average Bonchev–Trinajstić information content (AvgIpc) is 3.05. The highest BCUT2D eigenvalue weighted by molar-refractivity contribution is 5.75. The molecule has 3 atom stereocenters. The zero-order valence-electron chi connectivity index (χ0n) is 25.6. The van der Waals surface area contributed by atoms with Gasteiger partial charge in [-0.15, -0.1) is 0 Å². The van der Waals surface area contributed by atoms with Crippen LogP contribution in [-0.2, 0) is 38.6 Å². The third-order valence-corrected chi connectivity index (χ3v) is 7.89. The van der Waals surface area contributed by atoms with Gasteiger partial charge < -0.3 is 29.9 Å². The molecule has 1 amide bonds. The number of amides is 1. The first-order valence-corrected chi connectivity index (χ1v) is 15.6. The quantitative estimate of drug-likeness (QED) is 0.177. The Morgan fingerprint density at radius 3 is 2.30 bits per heavy atom. The summed E-state index contributed by atoms with van der Waals surface area (Å²) in [5.74, 6) is -0.778. The number of hydrogen-bond donors (Lipinski definition) is 3. The van der Waals surface area contributed by atoms with Gasteiger partial charge in [-0.05, 0) is 48.7 Å². The van der Waals surface area contributed by atoms with E-state index >= 15 is 0 Å². The number of likely N-dealkylation sites (N-methyl/N-ethyl adjacent to an activating group) is 1. The maximum absolute atomic E-state index is 12.3. The molecule has 0 radical (unpaired) electrons. The number of aliphatic hydroxyl groups is 1. The van der Waals surface area contributed by atoms with Crippen LogP contribution in [-0.4, -0.2) is 58.2 Å². The van der Waals surface area contributed by atoms with Gasteiger partial charge in [0.05, 0.1) is 18.8 Å². The van der Waals surface area contributed by atoms with E-state index in [9.17, 15) is 14.7 Å². The number of ether oxygens (including phenoxy) is 2. The second kappa shape index (κ2) is 17.6. The normalized spacial score (nSPS) is 18.3. The van der Waals surface area contributed by atoms with Crippen molar-refractivity contribution >= 4 is 11.9 Å². The molecule has 0 bridgehead atoms. The number of nitrogens with one attached hydrogen (secondary N) is 1. The number of benzene rings is 2. The van der Waals surface area contributed by atoms with E-state index in [1.165, 1.54) is 0 Å². The van der Waals surface area contributed by atoms with Crippen LogP contribution in [0.5, 0.6) is 0 Å². The molecule has 9 nitrogen and oxygen atoms in total. The van der Waals surface area contributed by atoms with Crippen molar-refractivity contribution in [1.82, 2.24) is 15.2 Å². The second-order valence-electron chi connectivity index (χ2n) is 11.5. The molecule has 236 valence electrons. The molecule has 1 fully saturated rings. The van der Waals surface area contributed by atoms with Gasteiger partial charge in [-0.2, -0.15) is 0 Å². The first-order chi connectivity index (χ1) is 21.4. The molecule has 0 spiro atoms. The summed E-state index contributed by atoms with van der Waals surface area (Å²) in [5.41, 5.74) is 4.89. The SMILES string of the molecule is CN(CCc1ccccn1)CC1CC(c2ccc(CO)cc2)OC(c2ccc(CNC(=O)CCCCCCC(=O)O)cc2)O1. The monoisotopic (exact) mass is 603 g/mol. The number of carbonyl (C=O) groups is 2. The summed E-state index contributed by atoms with van der Waals surface area (Å²) in [7, 11) is 2.10. The maximum atomic E-state index is 12.3. The summed E-state index contributed by atoms with van der Waals surface area (Å²) >= 11 is 0. The number of hydrogen-bond acceptors (Lipinski definition) is 7. The summed E-state index contributed by atoms with van der Waals surface area (Å²) in [5, 5.41) is 21.2. The molecule has 1 aliphatic rings. The number of aliphatic hydroxyl groups excluding tert-OH is 1. The minimum atomic E-state index is -0.774. The number of rotatable bonds is 17. The van der Waals surface area contributed by atoms with E-state index in [0.717, 1.165) is 66.7 Å². The van der Waals surface area contributed by atoms with E-state index in [-0.39, 0.29) is 31.1 Å². The van der Waals surface area contributed by atoms with E-state index in [1.54, 1.807) is 0 Å². The molecule has 1 aromatic heterocycles. The molecule has 3 aromatic rings. The zero-order valence-corrected chi connectivity index (χ0v) is 25.6. The van der Waals surface area contributed by atoms with E-state index in [4.69, 9.17) is 14.6 Å². The molecule has 0 saturated carbocycles. The third kappa shape index (κ3) is 11.1. The van der Waals surface area contributed by atoms with Crippen LogP contribution in [0, 0.1) is 0 Å². The topological polar surface area (TPSA) is 121 Å². The first kappa shape index (κ1) is 33.3. The number of aliphatic carboxylic acids is 1. The van der Waals surface area contributed by atoms with Crippen LogP contribution in [0.4, 0.5) is 0 Å². The van der Waals surface area contributed by atoms with Crippen LogP contribution in [0.15, 0.2) is 72.9 Å². The fraction of sp³-hybridized carbons (Fsp3) is 0.457. The fourth-order valence-corrected chi connectivity index (χ4v) is 5.32. The van der Waals surface area contributed by atoms with Crippen molar-refractivity contribution in [1.29, 1.82) is 0 Å². The van der Waals surface area contributed by atoms with Gasteiger partial charge in [0.1, 0.15) is 0 Å². The fourth-order valence-electron chi connectivity index (χ4n) is 5.32. The Balaban J connectivity index is 1.32. The largest absolute Gasteiger partial charge is 0.481 e. The van der Waals surface area contributed by atoms with Crippen LogP contribution in [0.25, 0.3) is 0 Å². The van der Waals surface area contributed by atoms with Gasteiger partial charge in [-0.1, -0.05) is 67.4 Å². The number of nitrogens with zero attached hydrogens (tertiary/aromatic N) is 2. The standard InChI is InChI=1S/C35H45N3O6/c1-38(21-19-30-8-6-7-20-36-30)24-31-22-32(28-15-13-27(25-39)14-16-28)44-35(43-31)29-17-11-26(12-18-29)23-37-33(40)9-4-2-3-5-10-34(41)42/h6-8,11-18,20,31-32,35,39H,2-5,9-10,19,21-25H2,1H3,(H,37,40)(H,41,42). The summed E-state index contributed by atoms with van der Waals surface area (Å²) < 4.78 is 13.0. The van der Waals surface area contributed by atoms with Gasteiger partial charge in [-0.3, -0.25) is 14.6 Å². The van der Waals surface area contributed by atoms with Crippen molar-refractivity contribution in [2.24, 2.45) is 0 Å². The molecule has 0 aliphatic carbocycles. The molecule has 4 rings (SSSR count). The van der Waals surface area contributed by atoms with Crippen LogP contribution >= 0.6 is 0 Å². The Morgan fingerprint density at radius 2 is 1.61 bits per heavy atom. The molecule has 2 aromatic carbocycles. The van der Waals surface area contributed by atoms with E-state index in [2.05, 4.69) is 22.2 Å². The van der Waals surface area contributed by atoms with Crippen molar-refractivity contribution in [3.05, 3.63) is 101 Å². The molecule has 3 unspecified atom stereocenters. The number of aromatic nitrogens is 1. The van der Waals surface area contributed by atoms with Crippen molar-refractivity contribution in [3.8, 4) is 0 Å². The minimum absolute atomic E-state index is 0.00261. The second-order valence-corrected chi connectivity index (χ2v) is 11.5. The molecule has 2 heterocycles. The van der Waals surface area contributed by atoms with Crippen LogP contribution in [0.3, 0.4) is 0 Å².